The molecule has 24 heavy (non-hydrogen) atoms. The number of aromatic nitrogens is 3. The maximum absolute atomic E-state index is 12.1. The number of aliphatic hydroxyl groups is 1. The maximum atomic E-state index is 12.1. The molecule has 0 bridgehead atoms. The van der Waals surface area contributed by atoms with E-state index in [1.807, 2.05) is 31.2 Å². The number of amides is 2. The third-order valence-electron chi connectivity index (χ3n) is 3.57. The van der Waals surface area contributed by atoms with Gasteiger partial charge in [-0.1, -0.05) is 12.1 Å². The molecule has 2 amide bonds. The summed E-state index contributed by atoms with van der Waals surface area (Å²) < 4.78 is 0. The Hall–Kier alpha value is -3.00. The first-order valence-corrected chi connectivity index (χ1v) is 7.49. The van der Waals surface area contributed by atoms with Crippen LogP contribution in [0.15, 0.2) is 36.0 Å². The Morgan fingerprint density at radius 3 is 2.62 bits per heavy atom. The topological polar surface area (TPSA) is 111 Å². The van der Waals surface area contributed by atoms with Gasteiger partial charge in [0.2, 0.25) is 0 Å². The lowest BCUT2D eigenvalue weighted by Crippen LogP contribution is -2.34. The van der Waals surface area contributed by atoms with Gasteiger partial charge >= 0.3 is 0 Å². The molecule has 3 N–H and O–H groups in total. The number of hydrogen-bond acceptors (Lipinski definition) is 6. The van der Waals surface area contributed by atoms with Gasteiger partial charge < -0.3 is 10.4 Å². The van der Waals surface area contributed by atoms with Crippen LogP contribution in [0.5, 0.6) is 0 Å². The standard InChI is InChI=1S/C16H17N5O3/c1-10-17-14(20-19-10)8-11-2-4-12(5-3-11)18-13-9-15(23)21(6-7-22)16(13)24/h2-5,9,18,22H,6-8H2,1H3,(H,17,19,20). The number of aromatic amines is 1. The van der Waals surface area contributed by atoms with Crippen molar-refractivity contribution in [2.75, 3.05) is 18.5 Å². The molecule has 8 heteroatoms. The Morgan fingerprint density at radius 1 is 1.25 bits per heavy atom. The fourth-order valence-electron chi connectivity index (χ4n) is 2.42. The van der Waals surface area contributed by atoms with Crippen molar-refractivity contribution >= 4 is 17.5 Å². The zero-order valence-electron chi connectivity index (χ0n) is 13.1. The smallest absolute Gasteiger partial charge is 0.277 e. The molecule has 0 spiro atoms. The number of β-amino-alcohol motifs (C(OH)–C–C–N with tert-alkyl or cyclic N) is 1. The van der Waals surface area contributed by atoms with Crippen molar-refractivity contribution in [3.05, 3.63) is 53.3 Å². The van der Waals surface area contributed by atoms with Gasteiger partial charge in [0.05, 0.1) is 13.2 Å². The number of benzene rings is 1. The van der Waals surface area contributed by atoms with E-state index in [0.717, 1.165) is 16.3 Å². The SMILES string of the molecule is Cc1nc(Cc2ccc(NC3=CC(=O)N(CCO)C3=O)cc2)n[nH]1. The molecule has 0 unspecified atom stereocenters. The van der Waals surface area contributed by atoms with Gasteiger partial charge in [-0.15, -0.1) is 0 Å². The highest BCUT2D eigenvalue weighted by atomic mass is 16.3. The Labute approximate surface area is 138 Å². The molecule has 0 saturated carbocycles. The lowest BCUT2D eigenvalue weighted by atomic mass is 10.1. The van der Waals surface area contributed by atoms with Crippen LogP contribution in [-0.4, -0.2) is 50.2 Å². The van der Waals surface area contributed by atoms with E-state index in [4.69, 9.17) is 5.11 Å². The summed E-state index contributed by atoms with van der Waals surface area (Å²) in [7, 11) is 0. The second-order valence-electron chi connectivity index (χ2n) is 5.41. The van der Waals surface area contributed by atoms with E-state index < -0.39 is 11.8 Å². The van der Waals surface area contributed by atoms with E-state index in [-0.39, 0.29) is 18.8 Å². The maximum Gasteiger partial charge on any atom is 0.277 e. The molecule has 2 heterocycles. The third kappa shape index (κ3) is 3.33. The first-order chi connectivity index (χ1) is 11.6. The first kappa shape index (κ1) is 15.9. The summed E-state index contributed by atoms with van der Waals surface area (Å²) in [6.45, 7) is 1.58. The molecular formula is C16H17N5O3. The van der Waals surface area contributed by atoms with Crippen molar-refractivity contribution in [2.24, 2.45) is 0 Å². The summed E-state index contributed by atoms with van der Waals surface area (Å²) in [4.78, 5) is 29.0. The van der Waals surface area contributed by atoms with Gasteiger partial charge in [-0.05, 0) is 24.6 Å². The second-order valence-corrected chi connectivity index (χ2v) is 5.41. The second kappa shape index (κ2) is 6.63. The normalized spacial score (nSPS) is 14.2. The number of aliphatic hydroxyl groups excluding tert-OH is 1. The molecule has 0 fully saturated rings. The molecule has 124 valence electrons. The summed E-state index contributed by atoms with van der Waals surface area (Å²) in [6, 6.07) is 7.45. The average Bonchev–Trinajstić information content (AvgIpc) is 3.08. The van der Waals surface area contributed by atoms with Gasteiger partial charge in [-0.2, -0.15) is 5.10 Å². The summed E-state index contributed by atoms with van der Waals surface area (Å²) in [5, 5.41) is 18.7. The number of anilines is 1. The predicted octanol–water partition coefficient (Wildman–Crippen LogP) is 0.361. The molecule has 0 radical (unpaired) electrons. The van der Waals surface area contributed by atoms with Crippen LogP contribution in [0.3, 0.4) is 0 Å². The highest BCUT2D eigenvalue weighted by Crippen LogP contribution is 2.18. The van der Waals surface area contributed by atoms with Gasteiger partial charge in [-0.25, -0.2) is 4.98 Å². The quantitative estimate of drug-likeness (QED) is 0.661. The number of nitrogens with one attached hydrogen (secondary N) is 2. The van der Waals surface area contributed by atoms with E-state index >= 15 is 0 Å². The highest BCUT2D eigenvalue weighted by Gasteiger charge is 2.30. The molecule has 1 aromatic carbocycles. The number of nitrogens with zero attached hydrogens (tertiary/aromatic N) is 3. The van der Waals surface area contributed by atoms with Crippen LogP contribution in [-0.2, 0) is 16.0 Å². The minimum Gasteiger partial charge on any atom is -0.395 e. The largest absolute Gasteiger partial charge is 0.395 e. The van der Waals surface area contributed by atoms with Gasteiger partial charge in [-0.3, -0.25) is 19.6 Å². The Kier molecular flexibility index (Phi) is 4.39. The summed E-state index contributed by atoms with van der Waals surface area (Å²) in [5.41, 5.74) is 1.93. The average molecular weight is 327 g/mol. The molecule has 1 aromatic heterocycles. The molecular weight excluding hydrogens is 310 g/mol. The van der Waals surface area contributed by atoms with Crippen LogP contribution in [0.25, 0.3) is 0 Å². The van der Waals surface area contributed by atoms with Crippen LogP contribution in [0.2, 0.25) is 0 Å². The van der Waals surface area contributed by atoms with Gasteiger partial charge in [0.1, 0.15) is 11.5 Å². The number of carbonyl (C=O) groups excluding carboxylic acids is 2. The Morgan fingerprint density at radius 2 is 2.00 bits per heavy atom. The highest BCUT2D eigenvalue weighted by molar-refractivity contribution is 6.17. The zero-order valence-corrected chi connectivity index (χ0v) is 13.1. The number of carbonyl (C=O) groups is 2. The van der Waals surface area contributed by atoms with Gasteiger partial charge in [0.25, 0.3) is 11.8 Å². The van der Waals surface area contributed by atoms with Crippen molar-refractivity contribution in [2.45, 2.75) is 13.3 Å². The molecule has 0 saturated heterocycles. The molecule has 1 aliphatic rings. The monoisotopic (exact) mass is 327 g/mol. The molecule has 8 nitrogen and oxygen atoms in total. The first-order valence-electron chi connectivity index (χ1n) is 7.49. The summed E-state index contributed by atoms with van der Waals surface area (Å²) in [6.07, 6.45) is 1.84. The van der Waals surface area contributed by atoms with Crippen LogP contribution >= 0.6 is 0 Å². The van der Waals surface area contributed by atoms with E-state index in [1.165, 1.54) is 6.08 Å². The van der Waals surface area contributed by atoms with Gasteiger partial charge in [0, 0.05) is 18.2 Å². The minimum absolute atomic E-state index is 0.00559. The van der Waals surface area contributed by atoms with Crippen molar-refractivity contribution in [1.29, 1.82) is 0 Å². The van der Waals surface area contributed by atoms with E-state index in [1.54, 1.807) is 0 Å². The fourth-order valence-corrected chi connectivity index (χ4v) is 2.42. The van der Waals surface area contributed by atoms with Crippen molar-refractivity contribution in [1.82, 2.24) is 20.1 Å². The fraction of sp³-hybridized carbons (Fsp3) is 0.250. The number of H-pyrrole nitrogens is 1. The minimum atomic E-state index is -0.436. The molecule has 3 rings (SSSR count). The lowest BCUT2D eigenvalue weighted by Gasteiger charge is -2.13. The number of hydrogen-bond donors (Lipinski definition) is 3. The number of aryl methyl sites for hydroxylation is 1. The Balaban J connectivity index is 1.65. The Bertz CT molecular complexity index is 794. The van der Waals surface area contributed by atoms with E-state index in [9.17, 15) is 9.59 Å². The van der Waals surface area contributed by atoms with Crippen LogP contribution in [0.1, 0.15) is 17.2 Å². The molecule has 0 atom stereocenters. The van der Waals surface area contributed by atoms with E-state index in [2.05, 4.69) is 20.5 Å². The zero-order chi connectivity index (χ0) is 17.1. The van der Waals surface area contributed by atoms with Crippen molar-refractivity contribution < 1.29 is 14.7 Å². The number of imide groups is 1. The summed E-state index contributed by atoms with van der Waals surface area (Å²) >= 11 is 0. The van der Waals surface area contributed by atoms with Crippen LogP contribution in [0.4, 0.5) is 5.69 Å². The summed E-state index contributed by atoms with van der Waals surface area (Å²) in [5.74, 6) is 0.627. The van der Waals surface area contributed by atoms with Crippen LogP contribution < -0.4 is 5.32 Å². The lowest BCUT2D eigenvalue weighted by molar-refractivity contribution is -0.137. The van der Waals surface area contributed by atoms with Crippen LogP contribution in [0, 0.1) is 6.92 Å². The number of rotatable bonds is 6. The molecule has 1 aliphatic heterocycles. The van der Waals surface area contributed by atoms with Crippen molar-refractivity contribution in [3.63, 3.8) is 0 Å². The van der Waals surface area contributed by atoms with Crippen molar-refractivity contribution in [3.8, 4) is 0 Å². The predicted molar refractivity (Wildman–Crippen MR) is 85.9 cm³/mol. The van der Waals surface area contributed by atoms with E-state index in [0.29, 0.717) is 17.9 Å². The van der Waals surface area contributed by atoms with Gasteiger partial charge in [0.15, 0.2) is 5.82 Å². The molecule has 0 aliphatic carbocycles. The molecule has 2 aromatic rings. The third-order valence-corrected chi connectivity index (χ3v) is 3.57.